The molecular weight excluding hydrogens is 921 g/mol. The number of quaternary nitrogens is 1. The van der Waals surface area contributed by atoms with Gasteiger partial charge in [-0.15, -0.1) is 0 Å². The molecule has 4 aromatic rings. The Labute approximate surface area is 429 Å². The number of likely N-dealkylation sites (tertiary alicyclic amines) is 2. The Balaban J connectivity index is 0.000000480. The normalized spacial score (nSPS) is 15.0. The standard InChI is InChI=1S/2C27H25N5O3.2CH4.CH3/c2*1-29-24-10-8-20(9-11-24)13-23-17-32(26(34)15-30-25(33)18-31(2)3)16-22(27(23)35)12-19-4-6-21(14-28)7-5-19;;;/h2*4-13H,15-18H2,2-3H3,(H,30,33);2*1H4;1H3/q;;;;-1/p+1/b2*22-12+,23-13+;;;. The van der Waals surface area contributed by atoms with Crippen LogP contribution in [0.2, 0.25) is 0 Å². The molecule has 6 rings (SSSR count). The summed E-state index contributed by atoms with van der Waals surface area (Å²) < 4.78 is 0. The second-order valence-electron chi connectivity index (χ2n) is 16.9. The van der Waals surface area contributed by atoms with E-state index < -0.39 is 0 Å². The van der Waals surface area contributed by atoms with Gasteiger partial charge in [-0.3, -0.25) is 28.8 Å². The monoisotopic (exact) mass is 982 g/mol. The lowest BCUT2D eigenvalue weighted by Gasteiger charge is -2.30. The first-order valence-electron chi connectivity index (χ1n) is 22.0. The molecule has 0 aromatic heterocycles. The van der Waals surface area contributed by atoms with Crippen molar-refractivity contribution in [1.82, 2.24) is 25.3 Å². The fourth-order valence-electron chi connectivity index (χ4n) is 7.13. The molecule has 2 saturated heterocycles. The molecule has 376 valence electrons. The fourth-order valence-corrected chi connectivity index (χ4v) is 7.13. The Kier molecular flexibility index (Phi) is 24.0. The predicted molar refractivity (Wildman–Crippen MR) is 285 cm³/mol. The van der Waals surface area contributed by atoms with Gasteiger partial charge in [-0.05, 0) is 84.9 Å². The van der Waals surface area contributed by atoms with Crippen molar-refractivity contribution in [3.8, 4) is 12.1 Å². The van der Waals surface area contributed by atoms with Crippen LogP contribution in [0.4, 0.5) is 11.4 Å². The number of carbonyl (C=O) groups is 6. The zero-order valence-corrected chi connectivity index (χ0v) is 40.3. The number of likely N-dealkylation sites (N-methyl/N-ethyl adjacent to an activating group) is 2. The van der Waals surface area contributed by atoms with E-state index in [2.05, 4.69) is 32.5 Å². The van der Waals surface area contributed by atoms with Gasteiger partial charge in [0.15, 0.2) is 29.5 Å². The first-order chi connectivity index (χ1) is 33.6. The van der Waals surface area contributed by atoms with Gasteiger partial charge in [-0.1, -0.05) is 87.6 Å². The van der Waals surface area contributed by atoms with Gasteiger partial charge < -0.3 is 37.7 Å². The molecule has 0 radical (unpaired) electrons. The lowest BCUT2D eigenvalue weighted by atomic mass is 9.94. The van der Waals surface area contributed by atoms with Crippen LogP contribution in [0.5, 0.6) is 0 Å². The molecule has 0 atom stereocenters. The van der Waals surface area contributed by atoms with Crippen LogP contribution in [0.1, 0.15) is 48.2 Å². The minimum absolute atomic E-state index is 0. The summed E-state index contributed by atoms with van der Waals surface area (Å²) in [6.07, 6.45) is 6.86. The molecule has 0 unspecified atom stereocenters. The van der Waals surface area contributed by atoms with Crippen molar-refractivity contribution >= 4 is 70.9 Å². The quantitative estimate of drug-likeness (QED) is 0.119. The van der Waals surface area contributed by atoms with Gasteiger partial charge in [0.2, 0.25) is 17.7 Å². The summed E-state index contributed by atoms with van der Waals surface area (Å²) in [5.74, 6) is -1.43. The van der Waals surface area contributed by atoms with Crippen LogP contribution in [-0.4, -0.2) is 130 Å². The molecule has 0 bridgehead atoms. The number of rotatable bonds is 12. The number of benzene rings is 4. The van der Waals surface area contributed by atoms with Crippen molar-refractivity contribution in [3.63, 3.8) is 0 Å². The Morgan fingerprint density at radius 2 is 0.890 bits per heavy atom. The molecule has 0 spiro atoms. The van der Waals surface area contributed by atoms with Crippen LogP contribution in [0, 0.1) is 43.2 Å². The summed E-state index contributed by atoms with van der Waals surface area (Å²) in [6.45, 7) is 14.7. The van der Waals surface area contributed by atoms with Gasteiger partial charge >= 0.3 is 0 Å². The van der Waals surface area contributed by atoms with Gasteiger partial charge in [-0.2, -0.15) is 10.5 Å². The Hall–Kier alpha value is -9.06. The number of amides is 4. The molecule has 2 aliphatic heterocycles. The highest BCUT2D eigenvalue weighted by atomic mass is 16.2. The number of hydrogen-bond acceptors (Lipinski definition) is 9. The van der Waals surface area contributed by atoms with Gasteiger partial charge in [0.05, 0.1) is 70.1 Å². The number of carbonyl (C=O) groups excluding carboxylic acids is 6. The van der Waals surface area contributed by atoms with Crippen molar-refractivity contribution in [2.24, 2.45) is 0 Å². The highest BCUT2D eigenvalue weighted by molar-refractivity contribution is 6.16. The molecule has 0 saturated carbocycles. The number of nitrogens with one attached hydrogen (secondary N) is 3. The van der Waals surface area contributed by atoms with Crippen LogP contribution >= 0.6 is 0 Å². The third-order valence-corrected chi connectivity index (χ3v) is 10.7. The molecule has 4 aromatic carbocycles. The smallest absolute Gasteiger partial charge is 0.275 e. The molecule has 16 heteroatoms. The minimum atomic E-state index is -0.301. The SMILES string of the molecule is C.C.[C-]#[N+]c1ccc(/C=C2\CN(C(=O)CNC(=O)CN(C)C)C/C(=C\c3ccc(C#N)cc3)C2=O)cc1.[C-]#[N+]c1ccc(/C=C2\CN(C(=O)CNC(=O)C[NH+](C)C)C/C(=C\c3ccc(C#N)cc3)C2=O)cc1.[CH3-]. The third-order valence-electron chi connectivity index (χ3n) is 10.7. The zero-order valence-electron chi connectivity index (χ0n) is 40.3. The average Bonchev–Trinajstić information content (AvgIpc) is 3.35. The Morgan fingerprint density at radius 3 is 1.16 bits per heavy atom. The van der Waals surface area contributed by atoms with Crippen LogP contribution < -0.4 is 15.5 Å². The zero-order chi connectivity index (χ0) is 50.7. The number of piperidine rings is 2. The molecule has 16 nitrogen and oxygen atoms in total. The number of ketones is 2. The first-order valence-corrected chi connectivity index (χ1v) is 22.0. The summed E-state index contributed by atoms with van der Waals surface area (Å²) >= 11 is 0. The molecule has 2 aliphatic rings. The lowest BCUT2D eigenvalue weighted by Crippen LogP contribution is -3.07. The molecule has 3 N–H and O–H groups in total. The van der Waals surface area contributed by atoms with Crippen LogP contribution in [0.3, 0.4) is 0 Å². The van der Waals surface area contributed by atoms with E-state index in [1.165, 1.54) is 4.90 Å². The molecule has 2 heterocycles. The lowest BCUT2D eigenvalue weighted by molar-refractivity contribution is -0.849. The van der Waals surface area contributed by atoms with Crippen molar-refractivity contribution in [2.45, 2.75) is 14.9 Å². The van der Waals surface area contributed by atoms with E-state index in [0.29, 0.717) is 44.8 Å². The van der Waals surface area contributed by atoms with E-state index in [-0.39, 0.29) is 110 Å². The first kappa shape index (κ1) is 60.1. The van der Waals surface area contributed by atoms with Crippen LogP contribution in [-0.2, 0) is 28.8 Å². The summed E-state index contributed by atoms with van der Waals surface area (Å²) in [4.78, 5) is 88.8. The van der Waals surface area contributed by atoms with Crippen molar-refractivity contribution < 1.29 is 33.7 Å². The van der Waals surface area contributed by atoms with E-state index in [4.69, 9.17) is 23.7 Å². The van der Waals surface area contributed by atoms with Crippen molar-refractivity contribution in [2.75, 3.05) is 80.5 Å². The molecule has 73 heavy (non-hydrogen) atoms. The van der Waals surface area contributed by atoms with Gasteiger partial charge in [0.1, 0.15) is 0 Å². The Bertz CT molecular complexity index is 2560. The maximum Gasteiger partial charge on any atom is 0.275 e. The van der Waals surface area contributed by atoms with Gasteiger partial charge in [-0.25, -0.2) is 9.69 Å². The van der Waals surface area contributed by atoms with Crippen LogP contribution in [0.15, 0.2) is 119 Å². The number of nitriles is 2. The summed E-state index contributed by atoms with van der Waals surface area (Å²) in [6, 6.07) is 31.5. The minimum Gasteiger partial charge on any atom is -0.358 e. The maximum atomic E-state index is 13.3. The fraction of sp³-hybridized carbons (Fsp3) is 0.246. The average molecular weight is 983 g/mol. The van der Waals surface area contributed by atoms with Gasteiger partial charge in [0, 0.05) is 48.5 Å². The summed E-state index contributed by atoms with van der Waals surface area (Å²) in [5.41, 5.74) is 6.70. The van der Waals surface area contributed by atoms with Crippen LogP contribution in [0.25, 0.3) is 34.0 Å². The van der Waals surface area contributed by atoms with E-state index in [9.17, 15) is 28.8 Å². The second-order valence-corrected chi connectivity index (χ2v) is 16.9. The number of nitrogens with zero attached hydrogens (tertiary/aromatic N) is 7. The van der Waals surface area contributed by atoms with Crippen molar-refractivity contribution in [3.05, 3.63) is 183 Å². The topological polar surface area (TPSA) is 197 Å². The second kappa shape index (κ2) is 29.2. The van der Waals surface area contributed by atoms with E-state index in [1.54, 1.807) is 145 Å². The summed E-state index contributed by atoms with van der Waals surface area (Å²) in [5, 5.41) is 23.3. The van der Waals surface area contributed by atoms with E-state index in [0.717, 1.165) is 27.2 Å². The Morgan fingerprint density at radius 1 is 0.589 bits per heavy atom. The number of Topliss-reactive ketones (excluding diaryl/α,β-unsaturated/α-hetero) is 2. The highest BCUT2D eigenvalue weighted by Crippen LogP contribution is 2.25. The highest BCUT2D eigenvalue weighted by Gasteiger charge is 2.31. The molecule has 2 fully saturated rings. The molecule has 4 amide bonds. The van der Waals surface area contributed by atoms with Gasteiger partial charge in [0.25, 0.3) is 5.91 Å². The number of hydrogen-bond donors (Lipinski definition) is 3. The van der Waals surface area contributed by atoms with E-state index in [1.807, 2.05) is 14.1 Å². The predicted octanol–water partition coefficient (Wildman–Crippen LogP) is 5.64. The third kappa shape index (κ3) is 18.3. The summed E-state index contributed by atoms with van der Waals surface area (Å²) in [7, 11) is 7.22. The van der Waals surface area contributed by atoms with E-state index >= 15 is 0 Å². The molecular formula is C57H62N10O6. The van der Waals surface area contributed by atoms with Crippen molar-refractivity contribution in [1.29, 1.82) is 10.5 Å². The molecule has 0 aliphatic carbocycles. The largest absolute Gasteiger partial charge is 0.358 e. The maximum absolute atomic E-state index is 13.3.